The summed E-state index contributed by atoms with van der Waals surface area (Å²) in [7, 11) is 0. The number of carboxylic acids is 2. The number of aliphatic carboxylic acids is 2. The van der Waals surface area contributed by atoms with Gasteiger partial charge < -0.3 is 117 Å². The predicted molar refractivity (Wildman–Crippen MR) is 418 cm³/mol. The van der Waals surface area contributed by atoms with Crippen molar-refractivity contribution >= 4 is 107 Å². The van der Waals surface area contributed by atoms with Crippen molar-refractivity contribution in [1.82, 2.24) is 73.2 Å². The van der Waals surface area contributed by atoms with E-state index in [9.17, 15) is 102 Å². The normalized spacial score (nSPS) is 16.7. The number of unbranched alkanes of at least 4 members (excludes halogenated alkanes) is 5. The molecular weight excluding hydrogens is 1520 g/mol. The van der Waals surface area contributed by atoms with Crippen LogP contribution in [0.4, 0.5) is 0 Å². The minimum absolute atomic E-state index is 0.000787. The fourth-order valence-corrected chi connectivity index (χ4v) is 13.2. The molecule has 0 saturated carbocycles. The first kappa shape index (κ1) is 99.7. The van der Waals surface area contributed by atoms with E-state index < -0.39 is 231 Å². The molecule has 2 fully saturated rings. The van der Waals surface area contributed by atoms with Crippen molar-refractivity contribution in [3.63, 3.8) is 0 Å². The monoisotopic (exact) mass is 1640 g/mol. The molecule has 2 saturated heterocycles. The van der Waals surface area contributed by atoms with Crippen molar-refractivity contribution in [2.75, 3.05) is 52.5 Å². The minimum atomic E-state index is -1.95. The summed E-state index contributed by atoms with van der Waals surface area (Å²) in [6, 6.07) is -12.4. The topological polar surface area (TPSA) is 661 Å². The van der Waals surface area contributed by atoms with Gasteiger partial charge in [-0.3, -0.25) is 87.0 Å². The molecule has 41 nitrogen and oxygen atoms in total. The molecule has 2 aliphatic heterocycles. The summed E-state index contributed by atoms with van der Waals surface area (Å²) in [5.74, 6) is -18.5. The van der Waals surface area contributed by atoms with Gasteiger partial charge in [-0.05, 0) is 121 Å². The van der Waals surface area contributed by atoms with Gasteiger partial charge in [0.1, 0.15) is 78.5 Å². The number of hydrogen-bond donors (Lipinski definition) is 21. The maximum absolute atomic E-state index is 15.0. The van der Waals surface area contributed by atoms with Crippen LogP contribution >= 0.6 is 0 Å². The molecule has 0 spiro atoms. The highest BCUT2D eigenvalue weighted by molar-refractivity contribution is 6.05. The molecule has 0 bridgehead atoms. The Morgan fingerprint density at radius 1 is 0.500 bits per heavy atom. The first-order chi connectivity index (χ1) is 55.0. The molecule has 41 heteroatoms. The number of aliphatic hydroxyl groups is 3. The highest BCUT2D eigenvalue weighted by atomic mass is 16.4. The first-order valence-corrected chi connectivity index (χ1v) is 39.5. The fraction of sp³-hybridized carbons (Fsp3) is 0.680. The highest BCUT2D eigenvalue weighted by Crippen LogP contribution is 2.24. The van der Waals surface area contributed by atoms with Crippen molar-refractivity contribution in [2.45, 2.75) is 261 Å². The van der Waals surface area contributed by atoms with E-state index in [1.807, 2.05) is 6.92 Å². The van der Waals surface area contributed by atoms with E-state index in [0.717, 1.165) is 29.1 Å². The largest absolute Gasteiger partial charge is 0.481 e. The highest BCUT2D eigenvalue weighted by Gasteiger charge is 2.45. The lowest BCUT2D eigenvalue weighted by molar-refractivity contribution is -0.155. The van der Waals surface area contributed by atoms with Crippen LogP contribution in [0.1, 0.15) is 182 Å². The summed E-state index contributed by atoms with van der Waals surface area (Å²) in [6.07, 6.45) is 1.33. The zero-order valence-corrected chi connectivity index (χ0v) is 67.1. The van der Waals surface area contributed by atoms with Crippen LogP contribution in [0.15, 0.2) is 30.3 Å². The Kier molecular flexibility index (Phi) is 44.8. The third kappa shape index (κ3) is 34.1. The number of nitrogens with zero attached hydrogens (tertiary/aromatic N) is 3. The number of carbonyl (C=O) groups excluding carboxylic acids is 15. The average Bonchev–Trinajstić information content (AvgIpc) is 1.31. The summed E-state index contributed by atoms with van der Waals surface area (Å²) in [6.45, 7) is 6.36. The van der Waals surface area contributed by atoms with Gasteiger partial charge in [0.25, 0.3) is 5.91 Å². The van der Waals surface area contributed by atoms with Gasteiger partial charge in [-0.25, -0.2) is 4.79 Å². The molecule has 13 atom stereocenters. The van der Waals surface area contributed by atoms with Crippen LogP contribution in [0.3, 0.4) is 0 Å². The molecule has 0 radical (unpaired) electrons. The Balaban J connectivity index is 1.90. The summed E-state index contributed by atoms with van der Waals surface area (Å²) >= 11 is 0. The number of benzene rings is 1. The lowest BCUT2D eigenvalue weighted by atomic mass is 9.99. The number of nitrogens with one attached hydrogen (secondary N) is 12. The van der Waals surface area contributed by atoms with E-state index >= 15 is 4.79 Å². The fourth-order valence-electron chi connectivity index (χ4n) is 13.2. The Morgan fingerprint density at radius 2 is 0.974 bits per heavy atom. The zero-order valence-electron chi connectivity index (χ0n) is 67.1. The Labute approximate surface area is 674 Å². The molecule has 650 valence electrons. The minimum Gasteiger partial charge on any atom is -0.481 e. The van der Waals surface area contributed by atoms with E-state index in [1.54, 1.807) is 58.0 Å². The summed E-state index contributed by atoms with van der Waals surface area (Å²) in [5.41, 5.74) is 22.4. The number of imide groups is 1. The number of hydrogen-bond acceptors (Lipinski definition) is 23. The van der Waals surface area contributed by atoms with E-state index in [4.69, 9.17) is 28.3 Å². The van der Waals surface area contributed by atoms with E-state index in [2.05, 4.69) is 58.5 Å². The molecule has 2 aliphatic rings. The Bertz CT molecular complexity index is 3500. The number of amides is 15. The molecule has 25 N–H and O–H groups in total. The molecule has 1 aromatic rings. The van der Waals surface area contributed by atoms with Gasteiger partial charge in [0, 0.05) is 45.3 Å². The van der Waals surface area contributed by atoms with Gasteiger partial charge in [-0.2, -0.15) is 0 Å². The summed E-state index contributed by atoms with van der Waals surface area (Å²) < 4.78 is 0. The van der Waals surface area contributed by atoms with Crippen LogP contribution in [0.2, 0.25) is 0 Å². The average molecular weight is 1640 g/mol. The predicted octanol–water partition coefficient (Wildman–Crippen LogP) is -5.20. The van der Waals surface area contributed by atoms with Crippen molar-refractivity contribution in [2.24, 2.45) is 34.8 Å². The van der Waals surface area contributed by atoms with Gasteiger partial charge in [0.2, 0.25) is 82.7 Å². The van der Waals surface area contributed by atoms with Crippen molar-refractivity contribution in [1.29, 1.82) is 5.41 Å². The summed E-state index contributed by atoms with van der Waals surface area (Å²) in [4.78, 5) is 238. The number of carboxylic acid groups (broad SMARTS) is 2. The van der Waals surface area contributed by atoms with Gasteiger partial charge in [0.15, 0.2) is 5.96 Å². The number of guanidine groups is 1. The number of carbonyl (C=O) groups is 17. The van der Waals surface area contributed by atoms with Crippen LogP contribution < -0.4 is 81.4 Å². The molecule has 2 heterocycles. The number of likely N-dealkylation sites (tertiary alicyclic amines) is 2. The Morgan fingerprint density at radius 3 is 1.49 bits per heavy atom. The number of nitrogens with two attached hydrogens (primary N) is 4. The maximum atomic E-state index is 15.0. The van der Waals surface area contributed by atoms with Gasteiger partial charge in [-0.15, -0.1) is 0 Å². The number of aliphatic hydroxyl groups excluding tert-OH is 3. The quantitative estimate of drug-likeness (QED) is 0.0165. The SMILES string of the molecule is CCCCCCCC(=O)N(C(=O)[C@H](CO)NC(=O)[C@H](CO)NC(=O)CN)[C@@H](Cc1ccccc1)C(=O)N[C@@H](CC(C)C)C(=O)N[C@@H](CO)C(=O)N1CCC[C@H]1C(=O)N[C@@H](CCC(=O)O)C(=O)N[C@@H](C)C(=O)N[C@@H](CCCCN)C(=O)N[C@@H](CC(C)C)C(=O)N[C@@H](CCC(N)=O)C(=O)N1CCC[C@H]1C(=O)N[C@@H](CCCNC(=N)N)C(=O)O. The third-order valence-electron chi connectivity index (χ3n) is 19.4. The van der Waals surface area contributed by atoms with E-state index in [1.165, 1.54) is 6.92 Å². The Hall–Kier alpha value is -10.5. The van der Waals surface area contributed by atoms with Crippen LogP contribution in [0, 0.1) is 17.2 Å². The smallest absolute Gasteiger partial charge is 0.326 e. The standard InChI is InChI=1S/C75H123N19O22/c1-7-8-9-10-14-26-60(100)94(73(114)54(41-97)91-67(108)52(39-95)83-59(99)38-77)57(37-45-20-12-11-13-21-45)70(111)89-51(36-43(4)5)66(107)90-53(40-96)72(113)93-34-19-24-55(93)68(109)85-47(28-30-61(101)102)63(104)82-44(6)62(103)84-46(22-15-16-31-76)64(105)88-50(35-42(2)3)65(106)86-48(27-29-58(78)98)71(112)92-33-18-25-56(92)69(110)87-49(74(115)116)23-17-32-81-75(79)80/h11-13,20-21,42-44,46-57,95-97H,7-10,14-19,22-41,76-77H2,1-6H3,(H2,78,98)(H,82,104)(H,83,99)(H,84,103)(H,85,109)(H,86,106)(H,87,110)(H,88,105)(H,89,111)(H,90,107)(H,91,108)(H,101,102)(H,115,116)(H4,79,80,81)/t44-,46-,47-,48-,49-,50-,51-,52-,53-,54-,55-,56-,57-/m0/s1. The van der Waals surface area contributed by atoms with Crippen LogP contribution in [0.25, 0.3) is 0 Å². The number of rotatable bonds is 54. The first-order valence-electron chi connectivity index (χ1n) is 39.5. The molecular formula is C75H123N19O22. The maximum Gasteiger partial charge on any atom is 0.326 e. The molecule has 3 rings (SSSR count). The third-order valence-corrected chi connectivity index (χ3v) is 19.4. The van der Waals surface area contributed by atoms with E-state index in [-0.39, 0.29) is 122 Å². The molecule has 1 aromatic carbocycles. The molecule has 0 aliphatic carbocycles. The van der Waals surface area contributed by atoms with Crippen LogP contribution in [-0.2, 0) is 87.9 Å². The van der Waals surface area contributed by atoms with Gasteiger partial charge >= 0.3 is 11.9 Å². The van der Waals surface area contributed by atoms with Crippen molar-refractivity contribution < 1.29 is 107 Å². The summed E-state index contributed by atoms with van der Waals surface area (Å²) in [5, 5.41) is 85.5. The van der Waals surface area contributed by atoms with Gasteiger partial charge in [-0.1, -0.05) is 90.6 Å². The molecule has 116 heavy (non-hydrogen) atoms. The second-order valence-electron chi connectivity index (χ2n) is 29.7. The second kappa shape index (κ2) is 52.1. The lowest BCUT2D eigenvalue weighted by Crippen LogP contribution is -2.63. The van der Waals surface area contributed by atoms with E-state index in [0.29, 0.717) is 29.7 Å². The van der Waals surface area contributed by atoms with Crippen molar-refractivity contribution in [3.8, 4) is 0 Å². The second-order valence-corrected chi connectivity index (χ2v) is 29.7. The molecule has 0 unspecified atom stereocenters. The molecule has 0 aromatic heterocycles. The zero-order chi connectivity index (χ0) is 86.9. The van der Waals surface area contributed by atoms with Crippen molar-refractivity contribution in [3.05, 3.63) is 35.9 Å². The lowest BCUT2D eigenvalue weighted by Gasteiger charge is -2.34. The van der Waals surface area contributed by atoms with Crippen LogP contribution in [0.5, 0.6) is 0 Å². The van der Waals surface area contributed by atoms with Crippen LogP contribution in [-0.4, -0.2) is 278 Å². The molecule has 15 amide bonds. The van der Waals surface area contributed by atoms with Gasteiger partial charge in [0.05, 0.1) is 26.4 Å². The number of primary amides is 1.